The summed E-state index contributed by atoms with van der Waals surface area (Å²) in [7, 11) is 0. The van der Waals surface area contributed by atoms with Crippen molar-refractivity contribution in [3.05, 3.63) is 23.4 Å². The van der Waals surface area contributed by atoms with E-state index in [0.29, 0.717) is 22.7 Å². The molecule has 116 valence electrons. The number of hydrogen-bond donors (Lipinski definition) is 3. The maximum Gasteiger partial charge on any atom is 0.251 e. The van der Waals surface area contributed by atoms with Gasteiger partial charge in [-0.1, -0.05) is 27.7 Å². The summed E-state index contributed by atoms with van der Waals surface area (Å²) in [5.41, 5.74) is 4.31. The Morgan fingerprint density at radius 1 is 1.33 bits per heavy atom. The van der Waals surface area contributed by atoms with Crippen LogP contribution in [0.1, 0.15) is 62.5 Å². The minimum Gasteiger partial charge on any atom is -0.351 e. The molecule has 5 heteroatoms. The maximum atomic E-state index is 12.4. The molecule has 0 aromatic carbocycles. The van der Waals surface area contributed by atoms with Gasteiger partial charge in [-0.2, -0.15) is 0 Å². The van der Waals surface area contributed by atoms with Crippen molar-refractivity contribution in [2.24, 2.45) is 17.2 Å². The first-order chi connectivity index (χ1) is 9.88. The van der Waals surface area contributed by atoms with Crippen LogP contribution in [0.4, 0.5) is 5.82 Å². The van der Waals surface area contributed by atoms with Crippen LogP contribution in [-0.2, 0) is 0 Å². The highest BCUT2D eigenvalue weighted by atomic mass is 16.1. The zero-order valence-electron chi connectivity index (χ0n) is 13.4. The van der Waals surface area contributed by atoms with E-state index in [-0.39, 0.29) is 11.8 Å². The van der Waals surface area contributed by atoms with Crippen molar-refractivity contribution in [3.8, 4) is 0 Å². The van der Waals surface area contributed by atoms with Crippen molar-refractivity contribution < 1.29 is 4.79 Å². The summed E-state index contributed by atoms with van der Waals surface area (Å²) in [5, 5.41) is 3.07. The Labute approximate surface area is 126 Å². The van der Waals surface area contributed by atoms with Crippen LogP contribution in [0.25, 0.3) is 0 Å². The zero-order valence-corrected chi connectivity index (χ0v) is 13.4. The number of rotatable bonds is 6. The molecule has 1 amide bonds. The monoisotopic (exact) mass is 290 g/mol. The van der Waals surface area contributed by atoms with E-state index >= 15 is 0 Å². The Kier molecular flexibility index (Phi) is 4.52. The third-order valence-electron chi connectivity index (χ3n) is 4.56. The average molecular weight is 290 g/mol. The molecule has 1 saturated carbocycles. The van der Waals surface area contributed by atoms with Crippen molar-refractivity contribution in [2.75, 3.05) is 12.0 Å². The smallest absolute Gasteiger partial charge is 0.251 e. The largest absolute Gasteiger partial charge is 0.351 e. The molecule has 0 atom stereocenters. The number of pyridine rings is 1. The van der Waals surface area contributed by atoms with E-state index < -0.39 is 0 Å². The molecular weight excluding hydrogens is 264 g/mol. The van der Waals surface area contributed by atoms with Crippen LogP contribution in [0.5, 0.6) is 0 Å². The highest BCUT2D eigenvalue weighted by Gasteiger charge is 2.45. The summed E-state index contributed by atoms with van der Waals surface area (Å²) in [6.07, 6.45) is 2.41. The molecule has 0 bridgehead atoms. The normalized spacial score (nSPS) is 16.1. The quantitative estimate of drug-likeness (QED) is 0.556. The minimum atomic E-state index is -0.0530. The second kappa shape index (κ2) is 6.02. The molecule has 1 aliphatic carbocycles. The molecule has 0 aliphatic heterocycles. The van der Waals surface area contributed by atoms with E-state index in [1.807, 2.05) is 19.9 Å². The molecule has 2 rings (SSSR count). The molecule has 1 aliphatic rings. The molecule has 0 saturated heterocycles. The van der Waals surface area contributed by atoms with E-state index in [1.54, 1.807) is 6.07 Å². The Balaban J connectivity index is 2.10. The fourth-order valence-electron chi connectivity index (χ4n) is 2.53. The van der Waals surface area contributed by atoms with Gasteiger partial charge in [-0.15, -0.1) is 0 Å². The topological polar surface area (TPSA) is 80.0 Å². The molecule has 21 heavy (non-hydrogen) atoms. The highest BCUT2D eigenvalue weighted by Crippen LogP contribution is 2.51. The molecule has 1 heterocycles. The molecule has 1 aromatic rings. The zero-order chi connectivity index (χ0) is 15.6. The second-order valence-electron chi connectivity index (χ2n) is 6.66. The van der Waals surface area contributed by atoms with Crippen LogP contribution in [0.3, 0.4) is 0 Å². The second-order valence-corrected chi connectivity index (χ2v) is 6.66. The number of hydrazine groups is 1. The molecule has 1 fully saturated rings. The molecule has 0 spiro atoms. The van der Waals surface area contributed by atoms with Gasteiger partial charge in [0.05, 0.1) is 0 Å². The standard InChI is InChI=1S/C16H26N4O/c1-10(2)13-7-12(8-14(19-13)20-17)15(21)18-9-16(5-6-16)11(3)4/h7-8,10-11H,5-6,9,17H2,1-4H3,(H,18,21)(H,19,20). The molecule has 0 radical (unpaired) electrons. The number of amides is 1. The summed E-state index contributed by atoms with van der Waals surface area (Å²) >= 11 is 0. The van der Waals surface area contributed by atoms with E-state index in [9.17, 15) is 4.79 Å². The van der Waals surface area contributed by atoms with Gasteiger partial charge in [0.1, 0.15) is 5.82 Å². The lowest BCUT2D eigenvalue weighted by molar-refractivity contribution is 0.0939. The van der Waals surface area contributed by atoms with E-state index in [2.05, 4.69) is 29.6 Å². The fraction of sp³-hybridized carbons (Fsp3) is 0.625. The number of nitrogens with one attached hydrogen (secondary N) is 2. The summed E-state index contributed by atoms with van der Waals surface area (Å²) in [4.78, 5) is 16.7. The van der Waals surface area contributed by atoms with Crippen molar-refractivity contribution in [3.63, 3.8) is 0 Å². The Morgan fingerprint density at radius 3 is 2.48 bits per heavy atom. The predicted molar refractivity (Wildman–Crippen MR) is 85.0 cm³/mol. The van der Waals surface area contributed by atoms with Crippen LogP contribution in [0, 0.1) is 11.3 Å². The third-order valence-corrected chi connectivity index (χ3v) is 4.56. The lowest BCUT2D eigenvalue weighted by Crippen LogP contribution is -2.32. The SMILES string of the molecule is CC(C)c1cc(C(=O)NCC2(C(C)C)CC2)cc(NN)n1. The van der Waals surface area contributed by atoms with Gasteiger partial charge in [0.15, 0.2) is 0 Å². The van der Waals surface area contributed by atoms with Crippen molar-refractivity contribution in [1.82, 2.24) is 10.3 Å². The summed E-state index contributed by atoms with van der Waals surface area (Å²) in [6.45, 7) is 9.27. The van der Waals surface area contributed by atoms with Crippen LogP contribution < -0.4 is 16.6 Å². The van der Waals surface area contributed by atoms with E-state index in [1.165, 1.54) is 12.8 Å². The highest BCUT2D eigenvalue weighted by molar-refractivity contribution is 5.95. The summed E-state index contributed by atoms with van der Waals surface area (Å²) in [5.74, 6) is 6.75. The number of nitrogens with zero attached hydrogens (tertiary/aromatic N) is 1. The van der Waals surface area contributed by atoms with Crippen molar-refractivity contribution in [2.45, 2.75) is 46.5 Å². The minimum absolute atomic E-state index is 0.0530. The lowest BCUT2D eigenvalue weighted by Gasteiger charge is -2.20. The number of carbonyl (C=O) groups is 1. The number of carbonyl (C=O) groups excluding carboxylic acids is 1. The molecular formula is C16H26N4O. The Bertz CT molecular complexity index is 521. The van der Waals surface area contributed by atoms with Crippen LogP contribution in [0.15, 0.2) is 12.1 Å². The van der Waals surface area contributed by atoms with Crippen LogP contribution in [0.2, 0.25) is 0 Å². The van der Waals surface area contributed by atoms with E-state index in [4.69, 9.17) is 5.84 Å². The lowest BCUT2D eigenvalue weighted by atomic mass is 9.92. The van der Waals surface area contributed by atoms with Crippen molar-refractivity contribution in [1.29, 1.82) is 0 Å². The Morgan fingerprint density at radius 2 is 2.00 bits per heavy atom. The van der Waals surface area contributed by atoms with Crippen LogP contribution in [-0.4, -0.2) is 17.4 Å². The maximum absolute atomic E-state index is 12.4. The van der Waals surface area contributed by atoms with Gasteiger partial charge < -0.3 is 10.7 Å². The van der Waals surface area contributed by atoms with Gasteiger partial charge in [0, 0.05) is 17.8 Å². The summed E-state index contributed by atoms with van der Waals surface area (Å²) < 4.78 is 0. The van der Waals surface area contributed by atoms with Gasteiger partial charge in [-0.05, 0) is 42.2 Å². The van der Waals surface area contributed by atoms with Crippen molar-refractivity contribution >= 4 is 11.7 Å². The molecule has 5 nitrogen and oxygen atoms in total. The average Bonchev–Trinajstić information content (AvgIpc) is 3.25. The predicted octanol–water partition coefficient (Wildman–Crippen LogP) is 2.66. The Hall–Kier alpha value is -1.62. The fourth-order valence-corrected chi connectivity index (χ4v) is 2.53. The van der Waals surface area contributed by atoms with Gasteiger partial charge >= 0.3 is 0 Å². The first-order valence-electron chi connectivity index (χ1n) is 7.65. The molecule has 0 unspecified atom stereocenters. The van der Waals surface area contributed by atoms with E-state index in [0.717, 1.165) is 12.2 Å². The number of aromatic nitrogens is 1. The number of anilines is 1. The van der Waals surface area contributed by atoms with Gasteiger partial charge in [0.2, 0.25) is 0 Å². The number of nitrogen functional groups attached to an aromatic ring is 1. The number of nitrogens with two attached hydrogens (primary N) is 1. The summed E-state index contributed by atoms with van der Waals surface area (Å²) in [6, 6.07) is 3.53. The van der Waals surface area contributed by atoms with Crippen LogP contribution >= 0.6 is 0 Å². The van der Waals surface area contributed by atoms with Gasteiger partial charge in [-0.3, -0.25) is 4.79 Å². The number of hydrogen-bond acceptors (Lipinski definition) is 4. The van der Waals surface area contributed by atoms with Gasteiger partial charge in [0.25, 0.3) is 5.91 Å². The van der Waals surface area contributed by atoms with Gasteiger partial charge in [-0.25, -0.2) is 10.8 Å². The first kappa shape index (κ1) is 15.8. The molecule has 1 aromatic heterocycles. The third kappa shape index (κ3) is 3.53. The molecule has 4 N–H and O–H groups in total. The first-order valence-corrected chi connectivity index (χ1v) is 7.65.